The van der Waals surface area contributed by atoms with E-state index in [4.69, 9.17) is 0 Å². The van der Waals surface area contributed by atoms with E-state index in [1.807, 2.05) is 0 Å². The fourth-order valence-corrected chi connectivity index (χ4v) is 3.31. The van der Waals surface area contributed by atoms with Crippen LogP contribution in [0.4, 0.5) is 5.69 Å². The highest BCUT2D eigenvalue weighted by Crippen LogP contribution is 2.45. The minimum atomic E-state index is -0.364. The van der Waals surface area contributed by atoms with Gasteiger partial charge in [0.15, 0.2) is 0 Å². The topological polar surface area (TPSA) is 78.6 Å². The Hall–Kier alpha value is -1.08. The number of aryl methyl sites for hydroxylation is 1. The second-order valence-electron chi connectivity index (χ2n) is 6.40. The number of phenolic OH excluding ortho intramolecular Hbond substituents is 1. The molecule has 3 rings (SSSR count). The van der Waals surface area contributed by atoms with Crippen LogP contribution in [0.3, 0.4) is 0 Å². The molecular weight excluding hydrogens is 353 g/mol. The van der Waals surface area contributed by atoms with Crippen molar-refractivity contribution >= 4 is 30.5 Å². The van der Waals surface area contributed by atoms with Crippen molar-refractivity contribution in [3.63, 3.8) is 0 Å². The number of nitro benzene ring substituents is 1. The van der Waals surface area contributed by atoms with Gasteiger partial charge in [-0.05, 0) is 30.9 Å². The number of halogens is 2. The number of hydrogen-bond donors (Lipinski definition) is 2. The average Bonchev–Trinajstić information content (AvgIpc) is 3.32. The van der Waals surface area contributed by atoms with Crippen LogP contribution in [0.25, 0.3) is 0 Å². The van der Waals surface area contributed by atoms with Crippen molar-refractivity contribution in [3.05, 3.63) is 33.4 Å². The Morgan fingerprint density at radius 2 is 1.96 bits per heavy atom. The average molecular weight is 378 g/mol. The van der Waals surface area contributed by atoms with Crippen molar-refractivity contribution in [1.82, 2.24) is 10.2 Å². The summed E-state index contributed by atoms with van der Waals surface area (Å²) < 4.78 is 0. The van der Waals surface area contributed by atoms with Gasteiger partial charge in [0.25, 0.3) is 5.69 Å². The largest absolute Gasteiger partial charge is 0.507 e. The highest BCUT2D eigenvalue weighted by atomic mass is 35.5. The van der Waals surface area contributed by atoms with Crippen molar-refractivity contribution in [2.24, 2.45) is 5.92 Å². The second kappa shape index (κ2) is 8.85. The number of piperazine rings is 1. The molecule has 136 valence electrons. The first kappa shape index (κ1) is 21.0. The molecule has 24 heavy (non-hydrogen) atoms. The van der Waals surface area contributed by atoms with Crippen molar-refractivity contribution in [1.29, 1.82) is 0 Å². The zero-order valence-corrected chi connectivity index (χ0v) is 15.4. The molecule has 0 spiro atoms. The van der Waals surface area contributed by atoms with Crippen molar-refractivity contribution in [2.45, 2.75) is 32.2 Å². The molecule has 6 nitrogen and oxygen atoms in total. The lowest BCUT2D eigenvalue weighted by molar-refractivity contribution is -0.386. The Labute approximate surface area is 154 Å². The molecular formula is C16H25Cl2N3O3. The second-order valence-corrected chi connectivity index (χ2v) is 6.40. The molecule has 1 aromatic carbocycles. The quantitative estimate of drug-likeness (QED) is 0.608. The van der Waals surface area contributed by atoms with Gasteiger partial charge < -0.3 is 10.4 Å². The first-order valence-corrected chi connectivity index (χ1v) is 7.99. The fraction of sp³-hybridized carbons (Fsp3) is 0.625. The van der Waals surface area contributed by atoms with Crippen LogP contribution in [-0.2, 0) is 0 Å². The zero-order chi connectivity index (χ0) is 15.7. The Morgan fingerprint density at radius 3 is 2.50 bits per heavy atom. The summed E-state index contributed by atoms with van der Waals surface area (Å²) in [6, 6.07) is 3.10. The molecule has 1 heterocycles. The lowest BCUT2D eigenvalue weighted by Crippen LogP contribution is -2.45. The number of phenols is 1. The van der Waals surface area contributed by atoms with Gasteiger partial charge in [-0.1, -0.05) is 12.8 Å². The molecule has 2 aliphatic rings. The molecule has 0 amide bonds. The van der Waals surface area contributed by atoms with E-state index in [2.05, 4.69) is 10.2 Å². The normalized spacial score (nSPS) is 19.0. The Bertz CT molecular complexity index is 576. The van der Waals surface area contributed by atoms with Crippen LogP contribution in [-0.4, -0.2) is 41.1 Å². The minimum absolute atomic E-state index is 0. The maximum absolute atomic E-state index is 11.4. The fourth-order valence-electron chi connectivity index (χ4n) is 3.31. The summed E-state index contributed by atoms with van der Waals surface area (Å²) in [5.41, 5.74) is 1.27. The standard InChI is InChI=1S/C16H23N3O3.2ClH/c1-11-2-5-13(19(21)22)15(16(11)20)14(10-12-3-4-12)18-8-6-17-7-9-18;;/h2,5,12,14,17,20H,3-4,6-10H2,1H3;2*1H/t14-;;/m0../s1. The highest BCUT2D eigenvalue weighted by Gasteiger charge is 2.36. The monoisotopic (exact) mass is 377 g/mol. The van der Waals surface area contributed by atoms with Gasteiger partial charge in [-0.25, -0.2) is 0 Å². The van der Waals surface area contributed by atoms with Crippen molar-refractivity contribution in [2.75, 3.05) is 26.2 Å². The van der Waals surface area contributed by atoms with Crippen LogP contribution in [0.15, 0.2) is 12.1 Å². The number of nitro groups is 1. The summed E-state index contributed by atoms with van der Waals surface area (Å²) >= 11 is 0. The summed E-state index contributed by atoms with van der Waals surface area (Å²) in [6.07, 6.45) is 3.30. The molecule has 1 atom stereocenters. The molecule has 0 bridgehead atoms. The van der Waals surface area contributed by atoms with Gasteiger partial charge in [0, 0.05) is 38.3 Å². The lowest BCUT2D eigenvalue weighted by atomic mass is 9.94. The van der Waals surface area contributed by atoms with Gasteiger partial charge in [-0.15, -0.1) is 24.8 Å². The van der Waals surface area contributed by atoms with E-state index in [0.29, 0.717) is 17.0 Å². The van der Waals surface area contributed by atoms with Crippen LogP contribution in [0.5, 0.6) is 5.75 Å². The van der Waals surface area contributed by atoms with E-state index < -0.39 is 0 Å². The molecule has 1 aliphatic carbocycles. The van der Waals surface area contributed by atoms with E-state index in [-0.39, 0.29) is 47.2 Å². The van der Waals surface area contributed by atoms with Crippen LogP contribution in [0.2, 0.25) is 0 Å². The first-order chi connectivity index (χ1) is 10.6. The Kier molecular flexibility index (Phi) is 7.73. The molecule has 0 aromatic heterocycles. The van der Waals surface area contributed by atoms with Crippen molar-refractivity contribution < 1.29 is 10.0 Å². The van der Waals surface area contributed by atoms with Gasteiger partial charge in [0.2, 0.25) is 0 Å². The van der Waals surface area contributed by atoms with E-state index in [1.54, 1.807) is 13.0 Å². The number of benzene rings is 1. The Morgan fingerprint density at radius 1 is 1.33 bits per heavy atom. The molecule has 1 saturated heterocycles. The van der Waals surface area contributed by atoms with Crippen LogP contribution in [0, 0.1) is 23.0 Å². The first-order valence-electron chi connectivity index (χ1n) is 7.99. The highest BCUT2D eigenvalue weighted by molar-refractivity contribution is 5.85. The number of nitrogens with one attached hydrogen (secondary N) is 1. The zero-order valence-electron chi connectivity index (χ0n) is 13.7. The van der Waals surface area contributed by atoms with Gasteiger partial charge in [0.1, 0.15) is 5.75 Å². The number of rotatable bonds is 5. The van der Waals surface area contributed by atoms with Gasteiger partial charge in [0.05, 0.1) is 10.5 Å². The van der Waals surface area contributed by atoms with Crippen LogP contribution in [0.1, 0.15) is 36.4 Å². The van der Waals surface area contributed by atoms with E-state index >= 15 is 0 Å². The van der Waals surface area contributed by atoms with Crippen molar-refractivity contribution in [3.8, 4) is 5.75 Å². The van der Waals surface area contributed by atoms with E-state index in [9.17, 15) is 15.2 Å². The number of nitrogens with zero attached hydrogens (tertiary/aromatic N) is 2. The maximum atomic E-state index is 11.4. The Balaban J connectivity index is 0.00000144. The molecule has 0 radical (unpaired) electrons. The number of aromatic hydroxyl groups is 1. The van der Waals surface area contributed by atoms with Crippen LogP contribution >= 0.6 is 24.8 Å². The summed E-state index contributed by atoms with van der Waals surface area (Å²) in [5.74, 6) is 0.734. The predicted molar refractivity (Wildman–Crippen MR) is 98.5 cm³/mol. The van der Waals surface area contributed by atoms with Gasteiger partial charge >= 0.3 is 0 Å². The minimum Gasteiger partial charge on any atom is -0.507 e. The third-order valence-electron chi connectivity index (χ3n) is 4.77. The third-order valence-corrected chi connectivity index (χ3v) is 4.77. The SMILES string of the molecule is Cc1ccc([N+](=O)[O-])c([C@H](CC2CC2)N2CCNCC2)c1O.Cl.Cl. The molecule has 1 aliphatic heterocycles. The summed E-state index contributed by atoms with van der Waals surface area (Å²) in [5, 5.41) is 25.3. The van der Waals surface area contributed by atoms with Gasteiger partial charge in [-0.2, -0.15) is 0 Å². The smallest absolute Gasteiger partial charge is 0.277 e. The molecule has 2 fully saturated rings. The summed E-state index contributed by atoms with van der Waals surface area (Å²) in [7, 11) is 0. The summed E-state index contributed by atoms with van der Waals surface area (Å²) in [6.45, 7) is 5.31. The molecule has 8 heteroatoms. The third kappa shape index (κ3) is 4.51. The molecule has 1 aromatic rings. The van der Waals surface area contributed by atoms with Gasteiger partial charge in [-0.3, -0.25) is 15.0 Å². The molecule has 0 unspecified atom stereocenters. The molecule has 2 N–H and O–H groups in total. The van der Waals surface area contributed by atoms with Crippen LogP contribution < -0.4 is 5.32 Å². The number of hydrogen-bond acceptors (Lipinski definition) is 5. The van der Waals surface area contributed by atoms with E-state index in [1.165, 1.54) is 18.9 Å². The summed E-state index contributed by atoms with van der Waals surface area (Å²) in [4.78, 5) is 13.4. The lowest BCUT2D eigenvalue weighted by Gasteiger charge is -2.35. The predicted octanol–water partition coefficient (Wildman–Crippen LogP) is 3.20. The maximum Gasteiger partial charge on any atom is 0.277 e. The van der Waals surface area contributed by atoms with E-state index in [0.717, 1.165) is 32.6 Å². The molecule has 1 saturated carbocycles.